The minimum Gasteiger partial charge on any atom is -0.494 e. The molecule has 2 atom stereocenters. The number of carbonyl (C=O) groups is 2. The normalized spacial score (nSPS) is 15.1. The number of aryl methyl sites for hydroxylation is 1. The van der Waals surface area contributed by atoms with Crippen molar-refractivity contribution in [3.05, 3.63) is 142 Å². The number of hydrogen-bond donors (Lipinski definition) is 4. The summed E-state index contributed by atoms with van der Waals surface area (Å²) in [5.74, 6) is 3.36. The van der Waals surface area contributed by atoms with Gasteiger partial charge in [0.1, 0.15) is 18.1 Å². The number of benzene rings is 5. The van der Waals surface area contributed by atoms with Crippen LogP contribution in [0.4, 0.5) is 11.4 Å². The number of aliphatic hydroxyl groups is 2. The molecule has 0 radical (unpaired) electrons. The van der Waals surface area contributed by atoms with Gasteiger partial charge in [0.25, 0.3) is 5.91 Å². The van der Waals surface area contributed by atoms with Crippen LogP contribution in [0.25, 0.3) is 11.1 Å². The summed E-state index contributed by atoms with van der Waals surface area (Å²) < 4.78 is 34.7. The molecule has 14 nitrogen and oxygen atoms in total. The quantitative estimate of drug-likeness (QED) is 0.0293. The van der Waals surface area contributed by atoms with Gasteiger partial charge in [-0.1, -0.05) is 48.0 Å². The second kappa shape index (κ2) is 25.5. The standard InChI is InChI=1S/C40H46ClN3O7.C14H17NO3/c1-4-48-32-14-10-28(11-15-32)29-19-31(24-45)44(23-29)40(46)33-20-36(47-3)38(22-35(33)43)49-16-6-5-7-17-50-39-21-34(42)26(2)18-37(39)51-25-27-8-12-30(41)13-9-27;1-2-18-14-5-3-11(4-6-14)12-7-13(9-16)15(8-12)10-17/h8-15,18,20-23,31,45H,4-7,16-17,19,24-25,42-43H2,1-3H3;3-6,8,10,13,16H,2,7,9H2,1H3/t;13-/m.0/s1. The molecule has 0 fully saturated rings. The molecule has 2 aliphatic rings. The predicted octanol–water partition coefficient (Wildman–Crippen LogP) is 9.32. The summed E-state index contributed by atoms with van der Waals surface area (Å²) in [7, 11) is 1.52. The van der Waals surface area contributed by atoms with Crippen molar-refractivity contribution >= 4 is 46.4 Å². The lowest BCUT2D eigenvalue weighted by Crippen LogP contribution is -2.35. The monoisotopic (exact) mass is 962 g/mol. The zero-order valence-electron chi connectivity index (χ0n) is 39.7. The molecule has 2 heterocycles. The third-order valence-corrected chi connectivity index (χ3v) is 11.9. The molecular weight excluding hydrogens is 900 g/mol. The summed E-state index contributed by atoms with van der Waals surface area (Å²) in [5, 5.41) is 20.0. The fourth-order valence-electron chi connectivity index (χ4n) is 7.84. The van der Waals surface area contributed by atoms with Crippen molar-refractivity contribution < 1.29 is 48.2 Å². The Kier molecular flexibility index (Phi) is 19.0. The largest absolute Gasteiger partial charge is 0.494 e. The summed E-state index contributed by atoms with van der Waals surface area (Å²) in [6.07, 6.45) is 7.91. The number of aliphatic hydroxyl groups excluding tert-OH is 2. The van der Waals surface area contributed by atoms with Gasteiger partial charge in [-0.2, -0.15) is 0 Å². The molecule has 0 aromatic heterocycles. The number of carbonyl (C=O) groups excluding carboxylic acids is 2. The first-order valence-corrected chi connectivity index (χ1v) is 23.5. The van der Waals surface area contributed by atoms with Crippen LogP contribution in [0.3, 0.4) is 0 Å². The Hall–Kier alpha value is -6.87. The molecule has 0 saturated heterocycles. The molecule has 0 bridgehead atoms. The average Bonchev–Trinajstić information content (AvgIpc) is 4.00. The number of unbranched alkanes of at least 4 members (excludes halogenated alkanes) is 2. The van der Waals surface area contributed by atoms with Crippen LogP contribution in [-0.4, -0.2) is 91.2 Å². The van der Waals surface area contributed by atoms with Gasteiger partial charge in [0.15, 0.2) is 23.0 Å². The van der Waals surface area contributed by atoms with Crippen LogP contribution in [0.15, 0.2) is 109 Å². The number of anilines is 2. The molecule has 2 aliphatic heterocycles. The van der Waals surface area contributed by atoms with Gasteiger partial charge >= 0.3 is 0 Å². The lowest BCUT2D eigenvalue weighted by molar-refractivity contribution is -0.117. The van der Waals surface area contributed by atoms with Crippen LogP contribution in [0, 0.1) is 6.92 Å². The maximum atomic E-state index is 13.7. The molecule has 69 heavy (non-hydrogen) atoms. The lowest BCUT2D eigenvalue weighted by Gasteiger charge is -2.23. The zero-order chi connectivity index (χ0) is 49.3. The number of methoxy groups -OCH3 is 1. The van der Waals surface area contributed by atoms with Gasteiger partial charge in [0.05, 0.1) is 64.4 Å². The van der Waals surface area contributed by atoms with Gasteiger partial charge in [-0.25, -0.2) is 0 Å². The SMILES string of the molecule is CCOc1ccc(C2=CN(C(=O)c3cc(OC)c(OCCCCCOc4cc(N)c(C)cc4OCc4ccc(Cl)cc4)cc3N)C(CO)C2)cc1.CCOc1ccc(C2=CN(C=O)[C@H](CO)C2)cc1. The van der Waals surface area contributed by atoms with Crippen molar-refractivity contribution in [3.63, 3.8) is 0 Å². The minimum absolute atomic E-state index is 0.0181. The van der Waals surface area contributed by atoms with E-state index in [0.29, 0.717) is 79.6 Å². The van der Waals surface area contributed by atoms with Crippen molar-refractivity contribution in [1.29, 1.82) is 0 Å². The van der Waals surface area contributed by atoms with Crippen LogP contribution in [0.5, 0.6) is 34.5 Å². The number of hydrogen-bond acceptors (Lipinski definition) is 12. The smallest absolute Gasteiger partial charge is 0.260 e. The van der Waals surface area contributed by atoms with Gasteiger partial charge in [-0.15, -0.1) is 0 Å². The Morgan fingerprint density at radius 1 is 0.681 bits per heavy atom. The molecular formula is C54H63ClN4O10. The first-order chi connectivity index (χ1) is 33.5. The first-order valence-electron chi connectivity index (χ1n) is 23.1. The van der Waals surface area contributed by atoms with Gasteiger partial charge in [-0.3, -0.25) is 9.59 Å². The second-order valence-electron chi connectivity index (χ2n) is 16.5. The number of ether oxygens (including phenoxy) is 6. The number of nitrogen functional groups attached to an aromatic ring is 2. The van der Waals surface area contributed by atoms with Crippen LogP contribution in [0.2, 0.25) is 5.02 Å². The van der Waals surface area contributed by atoms with Crippen LogP contribution in [-0.2, 0) is 11.4 Å². The second-order valence-corrected chi connectivity index (χ2v) is 16.9. The first kappa shape index (κ1) is 51.5. The summed E-state index contributed by atoms with van der Waals surface area (Å²) in [6.45, 7) is 8.10. The molecule has 0 spiro atoms. The molecule has 5 aromatic carbocycles. The highest BCUT2D eigenvalue weighted by Crippen LogP contribution is 2.37. The van der Waals surface area contributed by atoms with E-state index in [1.54, 1.807) is 35.5 Å². The lowest BCUT2D eigenvalue weighted by atomic mass is 10.0. The Morgan fingerprint density at radius 3 is 1.75 bits per heavy atom. The molecule has 0 saturated carbocycles. The van der Waals surface area contributed by atoms with Crippen molar-refractivity contribution in [3.8, 4) is 34.5 Å². The summed E-state index contributed by atoms with van der Waals surface area (Å²) in [5.41, 5.74) is 19.6. The summed E-state index contributed by atoms with van der Waals surface area (Å²) >= 11 is 6.00. The summed E-state index contributed by atoms with van der Waals surface area (Å²) in [6, 6.07) is 29.3. The number of nitrogens with zero attached hydrogens (tertiary/aromatic N) is 2. The predicted molar refractivity (Wildman–Crippen MR) is 270 cm³/mol. The molecule has 15 heteroatoms. The number of rotatable bonds is 22. The van der Waals surface area contributed by atoms with Gasteiger partial charge in [0.2, 0.25) is 6.41 Å². The van der Waals surface area contributed by atoms with Crippen molar-refractivity contribution in [2.75, 3.05) is 58.2 Å². The Labute approximate surface area is 409 Å². The van der Waals surface area contributed by atoms with Gasteiger partial charge in [-0.05, 0) is 135 Å². The molecule has 7 rings (SSSR count). The maximum Gasteiger partial charge on any atom is 0.260 e. The number of amides is 2. The van der Waals surface area contributed by atoms with Crippen molar-refractivity contribution in [1.82, 2.24) is 9.80 Å². The molecule has 2 amide bonds. The topological polar surface area (TPSA) is 188 Å². The van der Waals surface area contributed by atoms with E-state index in [9.17, 15) is 19.8 Å². The maximum absolute atomic E-state index is 13.7. The zero-order valence-corrected chi connectivity index (χ0v) is 40.5. The Bertz CT molecular complexity index is 2530. The van der Waals surface area contributed by atoms with E-state index in [1.165, 1.54) is 12.0 Å². The Balaban J connectivity index is 0.000000362. The van der Waals surface area contributed by atoms with E-state index in [2.05, 4.69) is 0 Å². The van der Waals surface area contributed by atoms with Crippen molar-refractivity contribution in [2.45, 2.75) is 71.6 Å². The number of halogens is 1. The molecule has 0 aliphatic carbocycles. The molecule has 1 unspecified atom stereocenters. The van der Waals surface area contributed by atoms with E-state index in [-0.39, 0.29) is 36.4 Å². The number of nitrogens with two attached hydrogens (primary N) is 2. The van der Waals surface area contributed by atoms with Gasteiger partial charge < -0.3 is 59.9 Å². The highest BCUT2D eigenvalue weighted by molar-refractivity contribution is 6.30. The van der Waals surface area contributed by atoms with E-state index >= 15 is 0 Å². The molecule has 5 aromatic rings. The third-order valence-electron chi connectivity index (χ3n) is 11.7. The summed E-state index contributed by atoms with van der Waals surface area (Å²) in [4.78, 5) is 27.6. The fraction of sp³-hybridized carbons (Fsp3) is 0.333. The van der Waals surface area contributed by atoms with Crippen LogP contribution in [0.1, 0.15) is 78.6 Å². The molecule has 366 valence electrons. The minimum atomic E-state index is -0.416. The Morgan fingerprint density at radius 2 is 1.22 bits per heavy atom. The van der Waals surface area contributed by atoms with Crippen LogP contribution >= 0.6 is 11.6 Å². The van der Waals surface area contributed by atoms with E-state index < -0.39 is 6.04 Å². The van der Waals surface area contributed by atoms with E-state index in [4.69, 9.17) is 51.5 Å². The fourth-order valence-corrected chi connectivity index (χ4v) is 7.96. The highest BCUT2D eigenvalue weighted by atomic mass is 35.5. The highest BCUT2D eigenvalue weighted by Gasteiger charge is 2.32. The molecule has 6 N–H and O–H groups in total. The van der Waals surface area contributed by atoms with E-state index in [1.807, 2.05) is 99.6 Å². The van der Waals surface area contributed by atoms with Gasteiger partial charge in [0, 0.05) is 40.9 Å². The van der Waals surface area contributed by atoms with Crippen molar-refractivity contribution in [2.24, 2.45) is 0 Å². The van der Waals surface area contributed by atoms with Crippen LogP contribution < -0.4 is 39.9 Å². The van der Waals surface area contributed by atoms with E-state index in [0.717, 1.165) is 70.6 Å². The third kappa shape index (κ3) is 13.9. The average molecular weight is 964 g/mol.